The van der Waals surface area contributed by atoms with Gasteiger partial charge in [0.15, 0.2) is 0 Å². The number of likely N-dealkylation sites (N-methyl/N-ethyl adjacent to an activating group) is 1. The van der Waals surface area contributed by atoms with Gasteiger partial charge in [-0.1, -0.05) is 156 Å². The Morgan fingerprint density at radius 1 is 0.438 bits per heavy atom. The fourth-order valence-corrected chi connectivity index (χ4v) is 7.95. The second kappa shape index (κ2) is 47.3. The summed E-state index contributed by atoms with van der Waals surface area (Å²) in [5.74, 6) is -0.823. The molecule has 0 amide bonds. The normalized spacial score (nSPS) is 12.9. The van der Waals surface area contributed by atoms with Gasteiger partial charge >= 0.3 is 23.9 Å². The highest BCUT2D eigenvalue weighted by molar-refractivity contribution is 5.73. The monoisotopic (exact) mass is 912 g/mol. The molecular weight excluding hydrogens is 811 g/mol. The van der Waals surface area contributed by atoms with E-state index < -0.39 is 6.10 Å². The van der Waals surface area contributed by atoms with Crippen LogP contribution in [0.1, 0.15) is 233 Å². The number of methoxy groups -OCH3 is 1. The Morgan fingerprint density at radius 3 is 1.30 bits per heavy atom. The maximum absolute atomic E-state index is 13.0. The molecule has 0 aromatic heterocycles. The Bertz CT molecular complexity index is 1070. The highest BCUT2D eigenvalue weighted by Gasteiger charge is 2.22. The number of carbonyl (C=O) groups excluding carboxylic acids is 4. The number of rotatable bonds is 49. The van der Waals surface area contributed by atoms with Crippen LogP contribution in [0.5, 0.6) is 0 Å². The van der Waals surface area contributed by atoms with Crippen molar-refractivity contribution in [3.8, 4) is 0 Å². The smallest absolute Gasteiger partial charge is 0.308 e. The average molecular weight is 912 g/mol. The molecule has 0 rings (SSSR count). The Morgan fingerprint density at radius 2 is 0.844 bits per heavy atom. The molecule has 0 aromatic rings. The molecule has 2 unspecified atom stereocenters. The number of nitrogens with zero attached hydrogens (tertiary/aromatic N) is 1. The first-order valence-electron chi connectivity index (χ1n) is 26.7. The van der Waals surface area contributed by atoms with E-state index in [-0.39, 0.29) is 55.2 Å². The van der Waals surface area contributed by atoms with Crippen LogP contribution < -0.4 is 0 Å². The number of hydrogen-bond acceptors (Lipinski definition) is 11. The molecule has 0 aliphatic heterocycles. The van der Waals surface area contributed by atoms with Gasteiger partial charge in [0, 0.05) is 33.0 Å². The first kappa shape index (κ1) is 61.8. The van der Waals surface area contributed by atoms with Gasteiger partial charge < -0.3 is 33.3 Å². The third kappa shape index (κ3) is 40.1. The minimum atomic E-state index is -0.618. The first-order valence-corrected chi connectivity index (χ1v) is 26.7. The molecule has 378 valence electrons. The molecule has 0 saturated carbocycles. The molecule has 0 bridgehead atoms. The molecule has 64 heavy (non-hydrogen) atoms. The topological polar surface area (TPSA) is 127 Å². The van der Waals surface area contributed by atoms with Crippen molar-refractivity contribution in [3.63, 3.8) is 0 Å². The predicted molar refractivity (Wildman–Crippen MR) is 260 cm³/mol. The van der Waals surface area contributed by atoms with E-state index in [0.717, 1.165) is 77.0 Å². The van der Waals surface area contributed by atoms with Crippen molar-refractivity contribution in [2.75, 3.05) is 66.9 Å². The molecule has 0 radical (unpaired) electrons. The third-order valence-electron chi connectivity index (χ3n) is 12.1. The van der Waals surface area contributed by atoms with Gasteiger partial charge in [-0.25, -0.2) is 0 Å². The minimum Gasteiger partial charge on any atom is -0.465 e. The minimum absolute atomic E-state index is 0.0129. The van der Waals surface area contributed by atoms with E-state index in [9.17, 15) is 19.2 Å². The molecule has 0 aliphatic carbocycles. The summed E-state index contributed by atoms with van der Waals surface area (Å²) in [5.41, 5.74) is 0. The number of hydrogen-bond donors (Lipinski definition) is 0. The van der Waals surface area contributed by atoms with Gasteiger partial charge in [0.05, 0.1) is 44.9 Å². The molecular formula is C53H101NO10. The van der Waals surface area contributed by atoms with Gasteiger partial charge in [-0.2, -0.15) is 0 Å². The van der Waals surface area contributed by atoms with Crippen molar-refractivity contribution in [2.24, 2.45) is 11.8 Å². The second-order valence-corrected chi connectivity index (χ2v) is 18.3. The summed E-state index contributed by atoms with van der Waals surface area (Å²) < 4.78 is 33.6. The van der Waals surface area contributed by atoms with Crippen molar-refractivity contribution in [3.05, 3.63) is 0 Å². The average Bonchev–Trinajstić information content (AvgIpc) is 3.28. The maximum atomic E-state index is 13.0. The van der Waals surface area contributed by atoms with Gasteiger partial charge in [-0.15, -0.1) is 0 Å². The molecule has 0 aromatic carbocycles. The zero-order chi connectivity index (χ0) is 47.1. The van der Waals surface area contributed by atoms with Gasteiger partial charge in [-0.05, 0) is 71.3 Å². The van der Waals surface area contributed by atoms with Crippen LogP contribution in [0.4, 0.5) is 0 Å². The van der Waals surface area contributed by atoms with Crippen LogP contribution in [0.25, 0.3) is 0 Å². The highest BCUT2D eigenvalue weighted by Crippen LogP contribution is 2.22. The van der Waals surface area contributed by atoms with Crippen molar-refractivity contribution >= 4 is 23.9 Å². The summed E-state index contributed by atoms with van der Waals surface area (Å²) in [5, 5.41) is 0. The molecule has 11 heteroatoms. The molecule has 0 spiro atoms. The molecule has 0 fully saturated rings. The summed E-state index contributed by atoms with van der Waals surface area (Å²) >= 11 is 0. The van der Waals surface area contributed by atoms with E-state index in [1.165, 1.54) is 89.9 Å². The summed E-state index contributed by atoms with van der Waals surface area (Å²) in [6.07, 6.45) is 31.5. The quantitative estimate of drug-likeness (QED) is 0.0329. The van der Waals surface area contributed by atoms with Crippen LogP contribution in [0.3, 0.4) is 0 Å². The first-order chi connectivity index (χ1) is 31.2. The Kier molecular flexibility index (Phi) is 45.6. The number of carbonyl (C=O) groups is 4. The zero-order valence-corrected chi connectivity index (χ0v) is 42.5. The van der Waals surface area contributed by atoms with Crippen LogP contribution in [-0.2, 0) is 47.6 Å². The molecule has 3 atom stereocenters. The fraction of sp³-hybridized carbons (Fsp3) is 0.925. The highest BCUT2D eigenvalue weighted by atomic mass is 16.6. The van der Waals surface area contributed by atoms with Gasteiger partial charge in [-0.3, -0.25) is 19.2 Å². The van der Waals surface area contributed by atoms with Crippen LogP contribution in [-0.4, -0.2) is 102 Å². The van der Waals surface area contributed by atoms with E-state index in [2.05, 4.69) is 27.7 Å². The lowest BCUT2D eigenvalue weighted by molar-refractivity contribution is -0.160. The number of unbranched alkanes of at least 4 members (excludes halogenated alkanes) is 20. The van der Waals surface area contributed by atoms with Crippen molar-refractivity contribution in [2.45, 2.75) is 239 Å². The van der Waals surface area contributed by atoms with E-state index in [1.807, 2.05) is 11.9 Å². The molecule has 0 N–H and O–H groups in total. The van der Waals surface area contributed by atoms with Crippen LogP contribution >= 0.6 is 0 Å². The van der Waals surface area contributed by atoms with Crippen LogP contribution in [0.15, 0.2) is 0 Å². The Hall–Kier alpha value is -2.24. The molecule has 0 aliphatic rings. The molecule has 11 nitrogen and oxygen atoms in total. The van der Waals surface area contributed by atoms with Gasteiger partial charge in [0.25, 0.3) is 0 Å². The van der Waals surface area contributed by atoms with Crippen molar-refractivity contribution < 1.29 is 47.6 Å². The summed E-state index contributed by atoms with van der Waals surface area (Å²) in [6.45, 7) is 12.1. The van der Waals surface area contributed by atoms with Crippen molar-refractivity contribution in [1.29, 1.82) is 0 Å². The number of esters is 4. The van der Waals surface area contributed by atoms with Gasteiger partial charge in [0.2, 0.25) is 0 Å². The lowest BCUT2D eigenvalue weighted by Crippen LogP contribution is -2.38. The number of ether oxygens (including phenoxy) is 6. The van der Waals surface area contributed by atoms with Gasteiger partial charge in [0.1, 0.15) is 12.7 Å². The lowest BCUT2D eigenvalue weighted by Gasteiger charge is -2.24. The van der Waals surface area contributed by atoms with E-state index >= 15 is 0 Å². The zero-order valence-electron chi connectivity index (χ0n) is 42.5. The van der Waals surface area contributed by atoms with Crippen LogP contribution in [0.2, 0.25) is 0 Å². The van der Waals surface area contributed by atoms with E-state index in [0.29, 0.717) is 71.8 Å². The predicted octanol–water partition coefficient (Wildman–Crippen LogP) is 12.9. The summed E-state index contributed by atoms with van der Waals surface area (Å²) in [7, 11) is 3.55. The lowest BCUT2D eigenvalue weighted by atomic mass is 9.94. The maximum Gasteiger partial charge on any atom is 0.308 e. The van der Waals surface area contributed by atoms with Crippen molar-refractivity contribution in [1.82, 2.24) is 4.90 Å². The summed E-state index contributed by atoms with van der Waals surface area (Å²) in [4.78, 5) is 53.7. The SMILES string of the molecule is CCCCCCCCC(CCCCCC)C(=O)OCCCCCC(=O)OCC(CN(C)CCOCCOC)OC(=O)CCCCCOC(=O)[C@@H](CCCCCC)CCCCCCCC. The van der Waals surface area contributed by atoms with E-state index in [4.69, 9.17) is 28.4 Å². The van der Waals surface area contributed by atoms with Crippen LogP contribution in [0, 0.1) is 11.8 Å². The second-order valence-electron chi connectivity index (χ2n) is 18.3. The Labute approximate surface area is 393 Å². The largest absolute Gasteiger partial charge is 0.465 e. The third-order valence-corrected chi connectivity index (χ3v) is 12.1. The molecule has 0 saturated heterocycles. The summed E-state index contributed by atoms with van der Waals surface area (Å²) in [6, 6.07) is 0. The van der Waals surface area contributed by atoms with E-state index in [1.54, 1.807) is 7.11 Å². The standard InChI is InChI=1S/C53H101NO10/c1-7-11-15-19-21-27-35-47(33-25-17-13-9-3)52(57)61-40-31-23-29-37-50(55)63-46-49(45-54(5)39-42-60-44-43-59-6)64-51(56)38-30-24-32-41-62-53(58)48(34-26-18-14-10-4)36-28-22-20-16-12-8-2/h47-49H,7-46H2,1-6H3/t47?,48-,49?/m0/s1. The molecule has 0 heterocycles. The Balaban J connectivity index is 4.79. The fourth-order valence-electron chi connectivity index (χ4n) is 7.95.